The number of hydrogen-bond donors (Lipinski definition) is 7. The molecule has 0 bridgehead atoms. The van der Waals surface area contributed by atoms with Gasteiger partial charge in [0.2, 0.25) is 16.7 Å². The van der Waals surface area contributed by atoms with E-state index >= 15 is 0 Å². The maximum absolute atomic E-state index is 11.2. The maximum atomic E-state index is 11.2. The monoisotopic (exact) mass is 1130 g/mol. The molecule has 0 aliphatic heterocycles. The molecule has 0 spiro atoms. The van der Waals surface area contributed by atoms with Crippen LogP contribution in [0.2, 0.25) is 10.3 Å². The topological polar surface area (TPSA) is 409 Å². The summed E-state index contributed by atoms with van der Waals surface area (Å²) in [7, 11) is -3.20. The summed E-state index contributed by atoms with van der Waals surface area (Å²) < 4.78 is 54.0. The average molecular weight is 1130 g/mol. The van der Waals surface area contributed by atoms with Crippen LogP contribution in [0.5, 0.6) is 0 Å². The van der Waals surface area contributed by atoms with Crippen LogP contribution in [0.25, 0.3) is 54.5 Å². The first-order chi connectivity index (χ1) is 35.2. The molecule has 0 atom stereocenters. The summed E-state index contributed by atoms with van der Waals surface area (Å²) in [6, 6.07) is 42.7. The van der Waals surface area contributed by atoms with E-state index in [2.05, 4.69) is 24.9 Å². The van der Waals surface area contributed by atoms with Gasteiger partial charge in [-0.05, 0) is 84.9 Å². The summed E-state index contributed by atoms with van der Waals surface area (Å²) in [5, 5.41) is 39.1. The highest BCUT2D eigenvalue weighted by molar-refractivity contribution is 8.14. The first kappa shape index (κ1) is 58.6. The third kappa shape index (κ3) is 18.9. The average Bonchev–Trinajstić information content (AvgIpc) is 3.33. The number of pyridine rings is 5. The number of aromatic nitrogens is 5. The molecule has 5 heterocycles. The number of aromatic amines is 3. The SMILES string of the molecule is Clc1ccc2ccccc2n1.Nc1cccc2[nH]c(=O)ccc12.O=S(=O)(O)O.O=[N+]([O-])O.O=[N+]([O-])c1cccc2nc(Cl)ccc12.O=c1ccc2c(S(=O)(=O)Cl)cccc2[nH]1.O=c1ccc2c([N+](=O)[O-])cccc2[nH]1. The third-order valence-electron chi connectivity index (χ3n) is 9.16. The molecule has 30 heteroatoms. The number of benzene rings is 5. The molecule has 8 N–H and O–H groups in total. The van der Waals surface area contributed by atoms with Gasteiger partial charge in [-0.2, -0.15) is 8.42 Å². The zero-order chi connectivity index (χ0) is 55.6. The molecule has 5 aromatic heterocycles. The van der Waals surface area contributed by atoms with Crippen molar-refractivity contribution < 1.29 is 46.1 Å². The van der Waals surface area contributed by atoms with E-state index < -0.39 is 34.4 Å². The first-order valence-electron chi connectivity index (χ1n) is 20.2. The molecule has 0 aliphatic carbocycles. The Morgan fingerprint density at radius 3 is 1.41 bits per heavy atom. The smallest absolute Gasteiger partial charge is 0.394 e. The van der Waals surface area contributed by atoms with Crippen LogP contribution in [0, 0.1) is 30.3 Å². The van der Waals surface area contributed by atoms with E-state index in [1.165, 1.54) is 66.7 Å². The lowest BCUT2D eigenvalue weighted by Gasteiger charge is -2.01. The number of hydrogen-bond acceptors (Lipinski definition) is 16. The van der Waals surface area contributed by atoms with Crippen LogP contribution in [-0.2, 0) is 19.4 Å². The van der Waals surface area contributed by atoms with Gasteiger partial charge in [0.25, 0.3) is 25.5 Å². The van der Waals surface area contributed by atoms with Crippen LogP contribution in [0.1, 0.15) is 0 Å². The van der Waals surface area contributed by atoms with Crippen molar-refractivity contribution in [1.82, 2.24) is 24.9 Å². The number of para-hydroxylation sites is 1. The van der Waals surface area contributed by atoms with Gasteiger partial charge < -0.3 is 25.9 Å². The maximum Gasteiger partial charge on any atom is 0.394 e. The highest BCUT2D eigenvalue weighted by Gasteiger charge is 2.14. The fourth-order valence-electron chi connectivity index (χ4n) is 6.23. The lowest BCUT2D eigenvalue weighted by Crippen LogP contribution is -2.03. The molecule has 5 aromatic carbocycles. The van der Waals surface area contributed by atoms with Gasteiger partial charge in [0, 0.05) is 68.4 Å². The van der Waals surface area contributed by atoms with Crippen LogP contribution in [0.4, 0.5) is 17.1 Å². The first-order valence-corrected chi connectivity index (χ1v) is 24.6. The zero-order valence-electron chi connectivity index (χ0n) is 37.4. The molecule has 10 rings (SSSR count). The molecule has 25 nitrogen and oxygen atoms in total. The van der Waals surface area contributed by atoms with Gasteiger partial charge in [0.05, 0.1) is 47.6 Å². The number of nitrogens with one attached hydrogen (secondary N) is 3. The Balaban J connectivity index is 0.000000195. The Morgan fingerprint density at radius 2 is 0.880 bits per heavy atom. The van der Waals surface area contributed by atoms with Gasteiger partial charge in [-0.15, -0.1) is 10.1 Å². The normalized spacial score (nSPS) is 10.5. The summed E-state index contributed by atoms with van der Waals surface area (Å²) in [4.78, 5) is 77.4. The number of nitrogens with zero attached hydrogens (tertiary/aromatic N) is 5. The van der Waals surface area contributed by atoms with Crippen LogP contribution in [0.3, 0.4) is 0 Å². The lowest BCUT2D eigenvalue weighted by molar-refractivity contribution is -0.742. The number of non-ortho nitro benzene ring substituents is 2. The van der Waals surface area contributed by atoms with Gasteiger partial charge in [0.1, 0.15) is 10.3 Å². The summed E-state index contributed by atoms with van der Waals surface area (Å²) in [6.07, 6.45) is 0. The summed E-state index contributed by atoms with van der Waals surface area (Å²) in [5.74, 6) is 0. The number of nitrogens with two attached hydrogens (primary N) is 1. The quantitative estimate of drug-likeness (QED) is 0.0217. The minimum Gasteiger partial charge on any atom is -0.398 e. The molecule has 0 saturated carbocycles. The Labute approximate surface area is 433 Å². The Bertz CT molecular complexity index is 4120. The second kappa shape index (κ2) is 26.7. The Morgan fingerprint density at radius 1 is 0.493 bits per heavy atom. The van der Waals surface area contributed by atoms with E-state index in [0.29, 0.717) is 48.7 Å². The van der Waals surface area contributed by atoms with Crippen molar-refractivity contribution in [3.8, 4) is 0 Å². The number of nitro benzene ring substituents is 2. The molecule has 0 saturated heterocycles. The molecular formula is C45H34Cl3N9O16S2. The van der Waals surface area contributed by atoms with E-state index in [-0.39, 0.29) is 32.9 Å². The van der Waals surface area contributed by atoms with Gasteiger partial charge in [0.15, 0.2) is 0 Å². The van der Waals surface area contributed by atoms with Crippen molar-refractivity contribution in [2.24, 2.45) is 0 Å². The molecule has 10 aromatic rings. The minimum atomic E-state index is -4.67. The van der Waals surface area contributed by atoms with Crippen LogP contribution >= 0.6 is 33.9 Å². The van der Waals surface area contributed by atoms with Gasteiger partial charge in [-0.1, -0.05) is 65.7 Å². The number of anilines is 1. The van der Waals surface area contributed by atoms with Crippen molar-refractivity contribution in [3.05, 3.63) is 229 Å². The van der Waals surface area contributed by atoms with Crippen molar-refractivity contribution in [3.63, 3.8) is 0 Å². The van der Waals surface area contributed by atoms with E-state index in [9.17, 15) is 43.0 Å². The largest absolute Gasteiger partial charge is 0.398 e. The predicted octanol–water partition coefficient (Wildman–Crippen LogP) is 8.69. The Hall–Kier alpha value is -8.96. The number of nitro groups is 2. The molecule has 0 radical (unpaired) electrons. The molecular weight excluding hydrogens is 1090 g/mol. The highest BCUT2D eigenvalue weighted by atomic mass is 35.7. The number of fused-ring (bicyclic) bond motifs is 5. The van der Waals surface area contributed by atoms with E-state index in [1.54, 1.807) is 48.5 Å². The van der Waals surface area contributed by atoms with E-state index in [1.807, 2.05) is 42.5 Å². The van der Waals surface area contributed by atoms with Crippen molar-refractivity contribution >= 4 is 125 Å². The zero-order valence-corrected chi connectivity index (χ0v) is 41.3. The molecule has 0 fully saturated rings. The number of halogens is 3. The lowest BCUT2D eigenvalue weighted by atomic mass is 10.2. The highest BCUT2D eigenvalue weighted by Crippen LogP contribution is 2.26. The fraction of sp³-hybridized carbons (Fsp3) is 0. The second-order valence-electron chi connectivity index (χ2n) is 14.2. The summed E-state index contributed by atoms with van der Waals surface area (Å²) >= 11 is 11.4. The predicted molar refractivity (Wildman–Crippen MR) is 281 cm³/mol. The molecule has 0 unspecified atom stereocenters. The third-order valence-corrected chi connectivity index (χ3v) is 11.0. The van der Waals surface area contributed by atoms with Gasteiger partial charge >= 0.3 is 10.4 Å². The molecule has 0 aliphatic rings. The summed E-state index contributed by atoms with van der Waals surface area (Å²) in [6.45, 7) is 0. The van der Waals surface area contributed by atoms with Crippen molar-refractivity contribution in [2.75, 3.05) is 5.73 Å². The molecule has 75 heavy (non-hydrogen) atoms. The van der Waals surface area contributed by atoms with Crippen LogP contribution < -0.4 is 22.4 Å². The minimum absolute atomic E-state index is 0.00116. The molecule has 388 valence electrons. The Kier molecular flexibility index (Phi) is 20.8. The standard InChI is InChI=1S/C9H5ClN2O2.C9H6ClNO3S.C9H6ClN.C9H6N2O3.C9H8N2O.HNO3.H2O4S/c10-9-5-4-6-7(11-9)2-1-3-8(6)12(13)14;10-15(13,14)8-3-1-2-7-6(8)4-5-9(12)11-7;10-9-6-5-7-3-1-2-4-8(7)11-9;12-9-5-4-6-7(10-9)2-1-3-8(6)11(13)14;10-7-2-1-3-8-6(7)4-5-9(12)11-8;2-1(3)4;1-5(2,3)4/h1-5H;1-5H,(H,11,12);1-6H;1-5H,(H,10,12);1-5H,10H2,(H,11,12);(H,2,3,4);(H2,1,2,3,4). The van der Waals surface area contributed by atoms with Gasteiger partial charge in [-0.3, -0.25) is 43.7 Å². The number of H-pyrrole nitrogens is 3. The van der Waals surface area contributed by atoms with E-state index in [0.717, 1.165) is 21.8 Å². The second-order valence-corrected chi connectivity index (χ2v) is 18.4. The van der Waals surface area contributed by atoms with Gasteiger partial charge in [-0.25, -0.2) is 18.4 Å². The van der Waals surface area contributed by atoms with Crippen molar-refractivity contribution in [1.29, 1.82) is 0 Å². The van der Waals surface area contributed by atoms with Crippen molar-refractivity contribution in [2.45, 2.75) is 4.90 Å². The molecule has 0 amide bonds. The van der Waals surface area contributed by atoms with Crippen LogP contribution in [-0.4, -0.2) is 71.0 Å². The number of rotatable bonds is 3. The van der Waals surface area contributed by atoms with Crippen LogP contribution in [0.15, 0.2) is 177 Å². The fourth-order valence-corrected chi connectivity index (χ4v) is 7.62. The van der Waals surface area contributed by atoms with E-state index in [4.69, 9.17) is 72.5 Å². The summed E-state index contributed by atoms with van der Waals surface area (Å²) in [5.41, 5.74) is 8.95. The number of nitrogen functional groups attached to an aromatic ring is 1.